The van der Waals surface area contributed by atoms with Crippen molar-refractivity contribution in [3.05, 3.63) is 0 Å². The van der Waals surface area contributed by atoms with Crippen LogP contribution < -0.4 is 5.32 Å². The highest BCUT2D eigenvalue weighted by atomic mass is 19.4. The minimum Gasteiger partial charge on any atom is -0.372 e. The third kappa shape index (κ3) is 9.80. The maximum absolute atomic E-state index is 11.6. The van der Waals surface area contributed by atoms with Gasteiger partial charge in [-0.15, -0.1) is 0 Å². The number of hydrogen-bond donors (Lipinski definition) is 1. The molecule has 1 unspecified atom stereocenters. The first-order valence-electron chi connectivity index (χ1n) is 4.83. The lowest BCUT2D eigenvalue weighted by molar-refractivity contribution is -0.173. The molecule has 0 aromatic heterocycles. The molecule has 0 aromatic carbocycles. The molecule has 0 fully saturated rings. The molecule has 0 heterocycles. The topological polar surface area (TPSA) is 21.3 Å². The fourth-order valence-corrected chi connectivity index (χ4v) is 0.855. The van der Waals surface area contributed by atoms with Gasteiger partial charge in [-0.3, -0.25) is 0 Å². The Balaban J connectivity index is 3.14. The Morgan fingerprint density at radius 1 is 1.36 bits per heavy atom. The van der Waals surface area contributed by atoms with E-state index in [4.69, 9.17) is 0 Å². The predicted octanol–water partition coefficient (Wildman–Crippen LogP) is 2.34. The van der Waals surface area contributed by atoms with Crippen LogP contribution in [0.5, 0.6) is 0 Å². The molecule has 0 aliphatic heterocycles. The highest BCUT2D eigenvalue weighted by Gasteiger charge is 2.27. The SMILES string of the molecule is CCC(C)NCCCOCC(F)(F)F. The number of hydrogen-bond acceptors (Lipinski definition) is 2. The van der Waals surface area contributed by atoms with Gasteiger partial charge in [0.2, 0.25) is 0 Å². The zero-order chi connectivity index (χ0) is 11.0. The van der Waals surface area contributed by atoms with Gasteiger partial charge in [-0.1, -0.05) is 6.92 Å². The van der Waals surface area contributed by atoms with Gasteiger partial charge in [0, 0.05) is 12.6 Å². The average Bonchev–Trinajstić information content (AvgIpc) is 2.08. The molecule has 1 N–H and O–H groups in total. The molecule has 0 spiro atoms. The third-order valence-corrected chi connectivity index (χ3v) is 1.84. The highest BCUT2D eigenvalue weighted by Crippen LogP contribution is 2.14. The molecule has 0 saturated heterocycles. The third-order valence-electron chi connectivity index (χ3n) is 1.84. The van der Waals surface area contributed by atoms with Gasteiger partial charge in [-0.2, -0.15) is 13.2 Å². The number of halogens is 3. The number of ether oxygens (including phenoxy) is 1. The molecular formula is C9H18F3NO. The predicted molar refractivity (Wildman–Crippen MR) is 49.2 cm³/mol. The molecule has 5 heteroatoms. The molecule has 0 aromatic rings. The standard InChI is InChI=1S/C9H18F3NO/c1-3-8(2)13-5-4-6-14-7-9(10,11)12/h8,13H,3-7H2,1-2H3. The van der Waals surface area contributed by atoms with E-state index in [-0.39, 0.29) is 6.61 Å². The smallest absolute Gasteiger partial charge is 0.372 e. The molecule has 0 saturated carbocycles. The summed E-state index contributed by atoms with van der Waals surface area (Å²) >= 11 is 0. The first kappa shape index (κ1) is 13.7. The summed E-state index contributed by atoms with van der Waals surface area (Å²) in [6, 6.07) is 0.414. The van der Waals surface area contributed by atoms with E-state index in [0.29, 0.717) is 19.0 Å². The van der Waals surface area contributed by atoms with Gasteiger partial charge < -0.3 is 10.1 Å². The van der Waals surface area contributed by atoms with E-state index in [1.54, 1.807) is 0 Å². The average molecular weight is 213 g/mol. The number of alkyl halides is 3. The minimum absolute atomic E-state index is 0.156. The van der Waals surface area contributed by atoms with E-state index >= 15 is 0 Å². The quantitative estimate of drug-likeness (QED) is 0.655. The van der Waals surface area contributed by atoms with Crippen LogP contribution in [-0.4, -0.2) is 32.0 Å². The van der Waals surface area contributed by atoms with Crippen LogP contribution in [0.15, 0.2) is 0 Å². The van der Waals surface area contributed by atoms with Crippen LogP contribution in [0.2, 0.25) is 0 Å². The van der Waals surface area contributed by atoms with Crippen molar-refractivity contribution >= 4 is 0 Å². The molecule has 0 rings (SSSR count). The molecule has 0 aliphatic rings. The monoisotopic (exact) mass is 213 g/mol. The molecule has 86 valence electrons. The fraction of sp³-hybridized carbons (Fsp3) is 1.00. The summed E-state index contributed by atoms with van der Waals surface area (Å²) in [7, 11) is 0. The van der Waals surface area contributed by atoms with E-state index in [1.165, 1.54) is 0 Å². The van der Waals surface area contributed by atoms with Gasteiger partial charge in [0.15, 0.2) is 0 Å². The van der Waals surface area contributed by atoms with Crippen LogP contribution in [-0.2, 0) is 4.74 Å². The molecule has 14 heavy (non-hydrogen) atoms. The molecule has 0 amide bonds. The first-order valence-corrected chi connectivity index (χ1v) is 4.83. The second-order valence-electron chi connectivity index (χ2n) is 3.28. The van der Waals surface area contributed by atoms with Gasteiger partial charge >= 0.3 is 6.18 Å². The molecule has 0 aliphatic carbocycles. The van der Waals surface area contributed by atoms with E-state index in [2.05, 4.69) is 17.0 Å². The summed E-state index contributed by atoms with van der Waals surface area (Å²) in [5.41, 5.74) is 0. The lowest BCUT2D eigenvalue weighted by atomic mass is 10.2. The second-order valence-corrected chi connectivity index (χ2v) is 3.28. The van der Waals surface area contributed by atoms with Crippen molar-refractivity contribution in [3.8, 4) is 0 Å². The Morgan fingerprint density at radius 2 is 2.00 bits per heavy atom. The van der Waals surface area contributed by atoms with Crippen molar-refractivity contribution in [2.45, 2.75) is 38.9 Å². The Labute approximate surface area is 82.8 Å². The van der Waals surface area contributed by atoms with Crippen LogP contribution in [0, 0.1) is 0 Å². The molecular weight excluding hydrogens is 195 g/mol. The van der Waals surface area contributed by atoms with Gasteiger partial charge in [-0.05, 0) is 26.3 Å². The normalized spacial score (nSPS) is 14.4. The van der Waals surface area contributed by atoms with Crippen LogP contribution in [0.4, 0.5) is 13.2 Å². The van der Waals surface area contributed by atoms with Crippen LogP contribution in [0.3, 0.4) is 0 Å². The molecule has 0 bridgehead atoms. The van der Waals surface area contributed by atoms with Crippen molar-refractivity contribution in [3.63, 3.8) is 0 Å². The Morgan fingerprint density at radius 3 is 2.50 bits per heavy atom. The summed E-state index contributed by atoms with van der Waals surface area (Å²) in [6.07, 6.45) is -2.58. The summed E-state index contributed by atoms with van der Waals surface area (Å²) in [6.45, 7) is 3.81. The number of nitrogens with one attached hydrogen (secondary N) is 1. The van der Waals surface area contributed by atoms with Crippen molar-refractivity contribution in [2.75, 3.05) is 19.8 Å². The lowest BCUT2D eigenvalue weighted by Gasteiger charge is -2.11. The van der Waals surface area contributed by atoms with Crippen molar-refractivity contribution in [1.82, 2.24) is 5.32 Å². The lowest BCUT2D eigenvalue weighted by Crippen LogP contribution is -2.27. The molecule has 1 atom stereocenters. The van der Waals surface area contributed by atoms with Gasteiger partial charge in [-0.25, -0.2) is 0 Å². The minimum atomic E-state index is -4.20. The zero-order valence-corrected chi connectivity index (χ0v) is 8.66. The van der Waals surface area contributed by atoms with Crippen molar-refractivity contribution in [2.24, 2.45) is 0 Å². The van der Waals surface area contributed by atoms with E-state index < -0.39 is 12.8 Å². The largest absolute Gasteiger partial charge is 0.411 e. The zero-order valence-electron chi connectivity index (χ0n) is 8.66. The van der Waals surface area contributed by atoms with Crippen LogP contribution >= 0.6 is 0 Å². The summed E-state index contributed by atoms with van der Waals surface area (Å²) in [4.78, 5) is 0. The van der Waals surface area contributed by atoms with Crippen molar-refractivity contribution < 1.29 is 17.9 Å². The maximum atomic E-state index is 11.6. The summed E-state index contributed by atoms with van der Waals surface area (Å²) in [5.74, 6) is 0. The Kier molecular flexibility index (Phi) is 6.92. The van der Waals surface area contributed by atoms with Gasteiger partial charge in [0.05, 0.1) is 0 Å². The molecule has 2 nitrogen and oxygen atoms in total. The fourth-order valence-electron chi connectivity index (χ4n) is 0.855. The first-order chi connectivity index (χ1) is 6.45. The second kappa shape index (κ2) is 7.06. The van der Waals surface area contributed by atoms with Crippen LogP contribution in [0.1, 0.15) is 26.7 Å². The Hall–Kier alpha value is -0.290. The van der Waals surface area contributed by atoms with E-state index in [0.717, 1.165) is 6.42 Å². The summed E-state index contributed by atoms with van der Waals surface area (Å²) in [5, 5.41) is 3.17. The van der Waals surface area contributed by atoms with Gasteiger partial charge in [0.25, 0.3) is 0 Å². The Bertz CT molecular complexity index is 139. The summed E-state index contributed by atoms with van der Waals surface area (Å²) < 4.78 is 39.3. The van der Waals surface area contributed by atoms with Crippen LogP contribution in [0.25, 0.3) is 0 Å². The van der Waals surface area contributed by atoms with E-state index in [9.17, 15) is 13.2 Å². The van der Waals surface area contributed by atoms with E-state index in [1.807, 2.05) is 6.92 Å². The van der Waals surface area contributed by atoms with Gasteiger partial charge in [0.1, 0.15) is 6.61 Å². The molecule has 0 radical (unpaired) electrons. The maximum Gasteiger partial charge on any atom is 0.411 e. The number of rotatable bonds is 7. The van der Waals surface area contributed by atoms with Crippen molar-refractivity contribution in [1.29, 1.82) is 0 Å². The highest BCUT2D eigenvalue weighted by molar-refractivity contribution is 4.56.